The van der Waals surface area contributed by atoms with Gasteiger partial charge < -0.3 is 18.9 Å². The summed E-state index contributed by atoms with van der Waals surface area (Å²) in [7, 11) is -4.13. The Morgan fingerprint density at radius 1 is 1.16 bits per heavy atom. The summed E-state index contributed by atoms with van der Waals surface area (Å²) < 4.78 is 86.3. The SMILES string of the molecule is Cc1ccc(C)c([N@+]2([C@H]3CN(S(=O)(=O)c4c(C)noc4C)C[C@@H]3C3CCOC3)CCN(C=O)CC2OC(=O)C(F)(F)F)c1. The molecule has 4 heterocycles. The Bertz CT molecular complexity index is 1470. The molecule has 5 rings (SSSR count). The van der Waals surface area contributed by atoms with Gasteiger partial charge in [-0.25, -0.2) is 17.7 Å². The van der Waals surface area contributed by atoms with Gasteiger partial charge in [0.05, 0.1) is 19.7 Å². The summed E-state index contributed by atoms with van der Waals surface area (Å²) in [5.41, 5.74) is 2.40. The third kappa shape index (κ3) is 5.56. The lowest BCUT2D eigenvalue weighted by molar-refractivity contribution is -0.218. The Morgan fingerprint density at radius 3 is 2.51 bits per heavy atom. The molecule has 3 aliphatic rings. The number of halogens is 3. The van der Waals surface area contributed by atoms with Crippen molar-refractivity contribution < 1.29 is 45.2 Å². The first-order valence-corrected chi connectivity index (χ1v) is 15.6. The minimum absolute atomic E-state index is 0.0429. The molecule has 0 aliphatic carbocycles. The molecule has 0 N–H and O–H groups in total. The van der Waals surface area contributed by atoms with Gasteiger partial charge in [0.25, 0.3) is 6.23 Å². The van der Waals surface area contributed by atoms with Crippen molar-refractivity contribution in [3.63, 3.8) is 0 Å². The number of amides is 1. The molecule has 43 heavy (non-hydrogen) atoms. The molecule has 3 fully saturated rings. The fraction of sp³-hybridized carbons (Fsp3) is 0.607. The molecule has 0 saturated carbocycles. The lowest BCUT2D eigenvalue weighted by Gasteiger charge is -2.53. The normalized spacial score (nSPS) is 28.8. The van der Waals surface area contributed by atoms with Crippen molar-refractivity contribution in [2.45, 2.75) is 57.5 Å². The topological polar surface area (TPSA) is 119 Å². The van der Waals surface area contributed by atoms with E-state index < -0.39 is 34.4 Å². The van der Waals surface area contributed by atoms with E-state index >= 15 is 0 Å². The van der Waals surface area contributed by atoms with Crippen LogP contribution in [-0.4, -0.2) is 99.5 Å². The highest BCUT2D eigenvalue weighted by Crippen LogP contribution is 2.46. The van der Waals surface area contributed by atoms with Crippen molar-refractivity contribution in [2.75, 3.05) is 45.9 Å². The molecule has 2 aromatic rings. The third-order valence-electron chi connectivity index (χ3n) is 9.13. The number of ether oxygens (including phenoxy) is 2. The van der Waals surface area contributed by atoms with Crippen LogP contribution in [0.1, 0.15) is 29.0 Å². The number of carbonyl (C=O) groups excluding carboxylic acids is 2. The summed E-state index contributed by atoms with van der Waals surface area (Å²) in [6.07, 6.45) is -5.56. The van der Waals surface area contributed by atoms with Crippen molar-refractivity contribution in [2.24, 2.45) is 11.8 Å². The number of benzene rings is 1. The minimum Gasteiger partial charge on any atom is -0.403 e. The fourth-order valence-corrected chi connectivity index (χ4v) is 8.87. The number of piperazine rings is 1. The Hall–Kier alpha value is -3.01. The molecule has 11 nitrogen and oxygen atoms in total. The van der Waals surface area contributed by atoms with Crippen LogP contribution in [0.15, 0.2) is 27.6 Å². The van der Waals surface area contributed by atoms with Crippen LogP contribution in [0.4, 0.5) is 18.9 Å². The molecular formula is C28H36F3N4O7S+. The summed E-state index contributed by atoms with van der Waals surface area (Å²) in [4.78, 5) is 25.5. The third-order valence-corrected chi connectivity index (χ3v) is 11.2. The molecule has 3 aliphatic heterocycles. The molecule has 1 amide bonds. The molecular weight excluding hydrogens is 593 g/mol. The molecule has 0 spiro atoms. The summed E-state index contributed by atoms with van der Waals surface area (Å²) in [5.74, 6) is -2.70. The maximum absolute atomic E-state index is 14.1. The van der Waals surface area contributed by atoms with Crippen molar-refractivity contribution in [1.82, 2.24) is 18.8 Å². The van der Waals surface area contributed by atoms with E-state index in [0.29, 0.717) is 31.7 Å². The molecule has 0 radical (unpaired) electrons. The number of aromatic nitrogens is 1. The number of quaternary nitrogens is 1. The number of nitrogens with zero attached hydrogens (tertiary/aromatic N) is 4. The van der Waals surface area contributed by atoms with E-state index in [1.807, 2.05) is 32.0 Å². The van der Waals surface area contributed by atoms with E-state index in [-0.39, 0.29) is 65.4 Å². The first-order valence-electron chi connectivity index (χ1n) is 14.1. The van der Waals surface area contributed by atoms with Crippen molar-refractivity contribution in [3.8, 4) is 0 Å². The summed E-state index contributed by atoms with van der Waals surface area (Å²) in [6, 6.07) is 4.94. The maximum atomic E-state index is 14.1. The number of hydrogen-bond donors (Lipinski definition) is 0. The van der Waals surface area contributed by atoms with Crippen molar-refractivity contribution >= 4 is 28.1 Å². The first kappa shape index (κ1) is 31.4. The Kier molecular flexibility index (Phi) is 8.39. The fourth-order valence-electron chi connectivity index (χ4n) is 7.08. The van der Waals surface area contributed by atoms with Crippen molar-refractivity contribution in [3.05, 3.63) is 40.8 Å². The van der Waals surface area contributed by atoms with Crippen LogP contribution in [0.25, 0.3) is 0 Å². The lowest BCUT2D eigenvalue weighted by Crippen LogP contribution is -2.74. The number of carbonyl (C=O) groups is 2. The minimum atomic E-state index is -5.27. The van der Waals surface area contributed by atoms with Gasteiger partial charge in [-0.05, 0) is 45.6 Å². The first-order chi connectivity index (χ1) is 20.2. The highest BCUT2D eigenvalue weighted by molar-refractivity contribution is 7.89. The summed E-state index contributed by atoms with van der Waals surface area (Å²) >= 11 is 0. The summed E-state index contributed by atoms with van der Waals surface area (Å²) in [6.45, 7) is 7.54. The van der Waals surface area contributed by atoms with Crippen LogP contribution in [0.2, 0.25) is 0 Å². The number of alkyl halides is 3. The van der Waals surface area contributed by atoms with Gasteiger partial charge in [-0.15, -0.1) is 0 Å². The van der Waals surface area contributed by atoms with Gasteiger partial charge in [0.1, 0.15) is 35.4 Å². The monoisotopic (exact) mass is 629 g/mol. The van der Waals surface area contributed by atoms with E-state index in [1.165, 1.54) is 23.1 Å². The van der Waals surface area contributed by atoms with Gasteiger partial charge in [-0.2, -0.15) is 17.5 Å². The van der Waals surface area contributed by atoms with Gasteiger partial charge in [0.2, 0.25) is 16.4 Å². The predicted molar refractivity (Wildman–Crippen MR) is 147 cm³/mol. The van der Waals surface area contributed by atoms with Gasteiger partial charge in [0, 0.05) is 30.7 Å². The number of rotatable bonds is 7. The van der Waals surface area contributed by atoms with Crippen LogP contribution in [-0.2, 0) is 29.1 Å². The second kappa shape index (κ2) is 11.5. The Balaban J connectivity index is 1.70. The molecule has 1 aromatic carbocycles. The molecule has 15 heteroatoms. The van der Waals surface area contributed by atoms with E-state index in [4.69, 9.17) is 14.0 Å². The predicted octanol–water partition coefficient (Wildman–Crippen LogP) is 2.84. The van der Waals surface area contributed by atoms with E-state index in [1.54, 1.807) is 0 Å². The zero-order chi connectivity index (χ0) is 31.3. The van der Waals surface area contributed by atoms with Gasteiger partial charge in [0.15, 0.2) is 5.76 Å². The molecule has 2 unspecified atom stereocenters. The average Bonchev–Trinajstić information content (AvgIpc) is 3.70. The highest BCUT2D eigenvalue weighted by Gasteiger charge is 2.61. The van der Waals surface area contributed by atoms with Crippen molar-refractivity contribution in [1.29, 1.82) is 0 Å². The second-order valence-electron chi connectivity index (χ2n) is 11.7. The zero-order valence-corrected chi connectivity index (χ0v) is 25.3. The lowest BCUT2D eigenvalue weighted by atomic mass is 9.84. The number of aryl methyl sites for hydroxylation is 4. The van der Waals surface area contributed by atoms with Crippen LogP contribution < -0.4 is 4.48 Å². The number of hydrogen-bond acceptors (Lipinski definition) is 8. The molecule has 5 atom stereocenters. The van der Waals surface area contributed by atoms with Gasteiger partial charge in [-0.3, -0.25) is 4.79 Å². The van der Waals surface area contributed by atoms with Gasteiger partial charge >= 0.3 is 12.1 Å². The van der Waals surface area contributed by atoms with Crippen LogP contribution in [0.5, 0.6) is 0 Å². The van der Waals surface area contributed by atoms with E-state index in [2.05, 4.69) is 5.16 Å². The Morgan fingerprint density at radius 2 is 1.91 bits per heavy atom. The van der Waals surface area contributed by atoms with E-state index in [0.717, 1.165) is 11.1 Å². The maximum Gasteiger partial charge on any atom is 0.491 e. The largest absolute Gasteiger partial charge is 0.491 e. The average molecular weight is 630 g/mol. The molecule has 236 valence electrons. The smallest absolute Gasteiger partial charge is 0.403 e. The standard InChI is InChI=1S/C28H36F3N4O7S/c1-17-5-6-18(2)23(11-17)35(9-8-33(16-36)14-25(35)41-27(37)28(29,30)31)24-13-34(12-22(24)21-7-10-40-15-21)43(38,39)26-19(3)32-42-20(26)4/h5-6,11,16,21-22,24-25H,7-10,12-15H2,1-4H3/q+1/t21?,22-,24+,25?,35+/m1/s1. The molecule has 0 bridgehead atoms. The second-order valence-corrected chi connectivity index (χ2v) is 13.6. The quantitative estimate of drug-likeness (QED) is 0.261. The molecule has 3 saturated heterocycles. The number of esters is 1. The van der Waals surface area contributed by atoms with E-state index in [9.17, 15) is 31.2 Å². The summed E-state index contributed by atoms with van der Waals surface area (Å²) in [5, 5.41) is 3.82. The van der Waals surface area contributed by atoms with Gasteiger partial charge in [-0.1, -0.05) is 17.3 Å². The molecule has 1 aromatic heterocycles. The Labute approximate surface area is 248 Å². The highest BCUT2D eigenvalue weighted by atomic mass is 32.2. The zero-order valence-electron chi connectivity index (χ0n) is 24.5. The van der Waals surface area contributed by atoms with Crippen LogP contribution >= 0.6 is 0 Å². The van der Waals surface area contributed by atoms with Crippen LogP contribution in [0, 0.1) is 39.5 Å². The van der Waals surface area contributed by atoms with Crippen LogP contribution in [0.3, 0.4) is 0 Å². The number of sulfonamides is 1.